The van der Waals surface area contributed by atoms with E-state index in [2.05, 4.69) is 36.6 Å². The minimum atomic E-state index is -0.228. The van der Waals surface area contributed by atoms with Crippen molar-refractivity contribution in [1.82, 2.24) is 14.4 Å². The topological polar surface area (TPSA) is 41.6 Å². The van der Waals surface area contributed by atoms with E-state index in [0.717, 1.165) is 62.7 Å². The summed E-state index contributed by atoms with van der Waals surface area (Å²) in [6, 6.07) is 6.94. The fourth-order valence-electron chi connectivity index (χ4n) is 4.54. The Morgan fingerprint density at radius 1 is 0.964 bits per heavy atom. The van der Waals surface area contributed by atoms with Crippen LogP contribution >= 0.6 is 0 Å². The van der Waals surface area contributed by atoms with Crippen LogP contribution in [-0.2, 0) is 13.0 Å². The van der Waals surface area contributed by atoms with Crippen molar-refractivity contribution in [2.75, 3.05) is 32.7 Å². The Morgan fingerprint density at radius 3 is 2.32 bits per heavy atom. The van der Waals surface area contributed by atoms with E-state index in [1.54, 1.807) is 4.57 Å². The standard InChI is InChI=1S/C23H37N3O2/c1-4-7-19-10-11-21-22(18-19)28-23(27)26(21)17-14-24-12-15-25(16-13-24)20(8-5-2)9-6-3/h10-11,18,20H,4-9,12-17H2,1-3H3. The molecule has 3 rings (SSSR count). The highest BCUT2D eigenvalue weighted by atomic mass is 16.4. The molecule has 0 spiro atoms. The quantitative estimate of drug-likeness (QED) is 0.615. The minimum Gasteiger partial charge on any atom is -0.408 e. The van der Waals surface area contributed by atoms with Crippen LogP contribution in [0, 0.1) is 0 Å². The fourth-order valence-corrected chi connectivity index (χ4v) is 4.54. The molecule has 5 nitrogen and oxygen atoms in total. The average molecular weight is 388 g/mol. The second kappa shape index (κ2) is 10.3. The molecule has 0 unspecified atom stereocenters. The van der Waals surface area contributed by atoms with Crippen molar-refractivity contribution in [2.45, 2.75) is 71.9 Å². The zero-order valence-corrected chi connectivity index (χ0v) is 18.0. The summed E-state index contributed by atoms with van der Waals surface area (Å²) in [5, 5.41) is 0. The lowest BCUT2D eigenvalue weighted by Crippen LogP contribution is -2.51. The Balaban J connectivity index is 1.57. The molecule has 0 amide bonds. The van der Waals surface area contributed by atoms with Crippen molar-refractivity contribution in [3.63, 3.8) is 0 Å². The van der Waals surface area contributed by atoms with Crippen molar-refractivity contribution >= 4 is 11.1 Å². The highest BCUT2D eigenvalue weighted by Crippen LogP contribution is 2.18. The molecule has 28 heavy (non-hydrogen) atoms. The predicted octanol–water partition coefficient (Wildman–Crippen LogP) is 4.13. The van der Waals surface area contributed by atoms with E-state index in [9.17, 15) is 4.79 Å². The van der Waals surface area contributed by atoms with E-state index in [1.807, 2.05) is 12.1 Å². The van der Waals surface area contributed by atoms with Gasteiger partial charge in [0.2, 0.25) is 0 Å². The number of rotatable bonds is 10. The van der Waals surface area contributed by atoms with Crippen LogP contribution < -0.4 is 5.76 Å². The summed E-state index contributed by atoms with van der Waals surface area (Å²) in [4.78, 5) is 17.5. The van der Waals surface area contributed by atoms with Crippen LogP contribution in [0.2, 0.25) is 0 Å². The summed E-state index contributed by atoms with van der Waals surface area (Å²) >= 11 is 0. The van der Waals surface area contributed by atoms with Gasteiger partial charge in [-0.1, -0.05) is 46.1 Å². The summed E-state index contributed by atoms with van der Waals surface area (Å²) < 4.78 is 7.31. The van der Waals surface area contributed by atoms with Gasteiger partial charge in [0.25, 0.3) is 0 Å². The molecule has 0 atom stereocenters. The molecule has 156 valence electrons. The average Bonchev–Trinajstić information content (AvgIpc) is 3.01. The summed E-state index contributed by atoms with van der Waals surface area (Å²) in [5.74, 6) is -0.228. The van der Waals surface area contributed by atoms with Crippen LogP contribution in [0.1, 0.15) is 58.4 Å². The van der Waals surface area contributed by atoms with Crippen LogP contribution in [0.4, 0.5) is 0 Å². The lowest BCUT2D eigenvalue weighted by molar-refractivity contribution is 0.0853. The zero-order valence-electron chi connectivity index (χ0n) is 18.0. The number of nitrogens with zero attached hydrogens (tertiary/aromatic N) is 3. The number of hydrogen-bond donors (Lipinski definition) is 0. The third-order valence-corrected chi connectivity index (χ3v) is 6.08. The van der Waals surface area contributed by atoms with Gasteiger partial charge in [-0.05, 0) is 37.0 Å². The van der Waals surface area contributed by atoms with Gasteiger partial charge < -0.3 is 4.42 Å². The number of piperazine rings is 1. The second-order valence-electron chi connectivity index (χ2n) is 8.18. The first-order chi connectivity index (χ1) is 13.7. The fraction of sp³-hybridized carbons (Fsp3) is 0.696. The Labute approximate surface area is 169 Å². The van der Waals surface area contributed by atoms with E-state index < -0.39 is 0 Å². The van der Waals surface area contributed by atoms with Crippen molar-refractivity contribution in [3.8, 4) is 0 Å². The van der Waals surface area contributed by atoms with Crippen molar-refractivity contribution in [3.05, 3.63) is 34.3 Å². The molecule has 0 saturated carbocycles. The molecule has 0 aliphatic carbocycles. The molecule has 1 aromatic heterocycles. The Bertz CT molecular complexity index is 781. The van der Waals surface area contributed by atoms with Crippen LogP contribution in [0.15, 0.2) is 27.4 Å². The van der Waals surface area contributed by atoms with Gasteiger partial charge in [0.05, 0.1) is 5.52 Å². The largest absolute Gasteiger partial charge is 0.419 e. The number of oxazole rings is 1. The highest BCUT2D eigenvalue weighted by Gasteiger charge is 2.23. The predicted molar refractivity (Wildman–Crippen MR) is 116 cm³/mol. The summed E-state index contributed by atoms with van der Waals surface area (Å²) in [5.41, 5.74) is 2.89. The minimum absolute atomic E-state index is 0.228. The van der Waals surface area contributed by atoms with Crippen LogP contribution in [0.5, 0.6) is 0 Å². The molecule has 1 aliphatic heterocycles. The first-order valence-corrected chi connectivity index (χ1v) is 11.2. The molecule has 5 heteroatoms. The van der Waals surface area contributed by atoms with Gasteiger partial charge in [-0.25, -0.2) is 4.79 Å². The lowest BCUT2D eigenvalue weighted by Gasteiger charge is -2.39. The van der Waals surface area contributed by atoms with Gasteiger partial charge in [0.1, 0.15) is 0 Å². The molecule has 2 aromatic rings. The maximum absolute atomic E-state index is 12.3. The summed E-state index contributed by atoms with van der Waals surface area (Å²) in [7, 11) is 0. The van der Waals surface area contributed by atoms with E-state index in [-0.39, 0.29) is 5.76 Å². The van der Waals surface area contributed by atoms with Crippen molar-refractivity contribution < 1.29 is 4.42 Å². The SMILES string of the molecule is CCCc1ccc2c(c1)oc(=O)n2CCN1CCN(C(CCC)CCC)CC1. The number of fused-ring (bicyclic) bond motifs is 1. The van der Waals surface area contributed by atoms with Gasteiger partial charge in [0.15, 0.2) is 5.58 Å². The van der Waals surface area contributed by atoms with Gasteiger partial charge >= 0.3 is 5.76 Å². The lowest BCUT2D eigenvalue weighted by atomic mass is 10.0. The molecule has 2 heterocycles. The molecule has 0 bridgehead atoms. The van der Waals surface area contributed by atoms with Gasteiger partial charge in [-0.15, -0.1) is 0 Å². The molecule has 0 N–H and O–H groups in total. The van der Waals surface area contributed by atoms with Crippen LogP contribution in [0.25, 0.3) is 11.1 Å². The number of aryl methyl sites for hydroxylation is 1. The zero-order chi connectivity index (χ0) is 19.9. The maximum Gasteiger partial charge on any atom is 0.419 e. The molecule has 1 aliphatic rings. The third kappa shape index (κ3) is 5.06. The van der Waals surface area contributed by atoms with Crippen LogP contribution in [-0.4, -0.2) is 53.1 Å². The van der Waals surface area contributed by atoms with Gasteiger partial charge in [-0.3, -0.25) is 14.4 Å². The van der Waals surface area contributed by atoms with E-state index in [0.29, 0.717) is 6.54 Å². The third-order valence-electron chi connectivity index (χ3n) is 6.08. The number of aromatic nitrogens is 1. The number of hydrogen-bond acceptors (Lipinski definition) is 4. The van der Waals surface area contributed by atoms with E-state index in [1.165, 1.54) is 31.2 Å². The van der Waals surface area contributed by atoms with Crippen LogP contribution in [0.3, 0.4) is 0 Å². The molecule has 0 radical (unpaired) electrons. The molecular weight excluding hydrogens is 350 g/mol. The normalized spacial score (nSPS) is 16.4. The van der Waals surface area contributed by atoms with E-state index in [4.69, 9.17) is 4.42 Å². The summed E-state index contributed by atoms with van der Waals surface area (Å²) in [6.07, 6.45) is 7.27. The van der Waals surface area contributed by atoms with Crippen molar-refractivity contribution in [2.24, 2.45) is 0 Å². The molecule has 1 saturated heterocycles. The van der Waals surface area contributed by atoms with Crippen molar-refractivity contribution in [1.29, 1.82) is 0 Å². The molecule has 1 fully saturated rings. The smallest absolute Gasteiger partial charge is 0.408 e. The van der Waals surface area contributed by atoms with Gasteiger partial charge in [0, 0.05) is 45.3 Å². The molecule has 1 aromatic carbocycles. The monoisotopic (exact) mass is 387 g/mol. The highest BCUT2D eigenvalue weighted by molar-refractivity contribution is 5.73. The second-order valence-corrected chi connectivity index (χ2v) is 8.18. The van der Waals surface area contributed by atoms with E-state index >= 15 is 0 Å². The number of benzene rings is 1. The Morgan fingerprint density at radius 2 is 1.68 bits per heavy atom. The Kier molecular flexibility index (Phi) is 7.74. The van der Waals surface area contributed by atoms with Gasteiger partial charge in [-0.2, -0.15) is 0 Å². The molecular formula is C23H37N3O2. The summed E-state index contributed by atoms with van der Waals surface area (Å²) in [6.45, 7) is 12.8. The first-order valence-electron chi connectivity index (χ1n) is 11.2. The Hall–Kier alpha value is -1.59. The first kappa shape index (κ1) is 21.1. The maximum atomic E-state index is 12.3.